The minimum Gasteiger partial charge on any atom is -0.444 e. The molecule has 1 unspecified atom stereocenters. The van der Waals surface area contributed by atoms with Crippen molar-refractivity contribution < 1.29 is 9.53 Å². The Morgan fingerprint density at radius 3 is 2.71 bits per heavy atom. The number of hydrogen-bond donors (Lipinski definition) is 1. The van der Waals surface area contributed by atoms with Crippen molar-refractivity contribution in [3.8, 4) is 0 Å². The molecule has 1 aromatic rings. The van der Waals surface area contributed by atoms with Crippen molar-refractivity contribution in [2.24, 2.45) is 0 Å². The Bertz CT molecular complexity index is 454. The molecule has 0 saturated carbocycles. The van der Waals surface area contributed by atoms with Crippen LogP contribution in [0.2, 0.25) is 0 Å². The third-order valence-electron chi connectivity index (χ3n) is 3.61. The van der Waals surface area contributed by atoms with E-state index in [1.54, 1.807) is 0 Å². The second-order valence-corrected chi connectivity index (χ2v) is 6.63. The molecule has 21 heavy (non-hydrogen) atoms. The number of rotatable bonds is 4. The van der Waals surface area contributed by atoms with Crippen molar-refractivity contribution in [1.29, 1.82) is 0 Å². The number of ether oxygens (including phenoxy) is 1. The lowest BCUT2D eigenvalue weighted by atomic mass is 10.2. The zero-order chi connectivity index (χ0) is 15.3. The van der Waals surface area contributed by atoms with Crippen LogP contribution in [-0.4, -0.2) is 35.7 Å². The fraction of sp³-hybridized carbons (Fsp3) is 0.588. The number of carbonyl (C=O) groups is 1. The van der Waals surface area contributed by atoms with E-state index in [0.29, 0.717) is 12.6 Å². The summed E-state index contributed by atoms with van der Waals surface area (Å²) in [5.41, 5.74) is 0.880. The first-order valence-electron chi connectivity index (χ1n) is 7.69. The van der Waals surface area contributed by atoms with Gasteiger partial charge in [0, 0.05) is 19.1 Å². The highest BCUT2D eigenvalue weighted by Gasteiger charge is 2.25. The molecule has 1 aromatic carbocycles. The van der Waals surface area contributed by atoms with Gasteiger partial charge < -0.3 is 10.1 Å². The minimum atomic E-state index is -0.441. The van der Waals surface area contributed by atoms with E-state index in [9.17, 15) is 4.79 Å². The van der Waals surface area contributed by atoms with E-state index >= 15 is 0 Å². The van der Waals surface area contributed by atoms with Crippen LogP contribution in [0.25, 0.3) is 0 Å². The number of nitrogens with one attached hydrogen (secondary N) is 1. The molecule has 1 fully saturated rings. The molecule has 1 amide bonds. The Hall–Kier alpha value is -1.55. The first-order chi connectivity index (χ1) is 9.94. The van der Waals surface area contributed by atoms with Crippen LogP contribution in [0, 0.1) is 0 Å². The lowest BCUT2D eigenvalue weighted by Gasteiger charge is -2.26. The van der Waals surface area contributed by atoms with E-state index in [2.05, 4.69) is 34.5 Å². The molecule has 1 aliphatic heterocycles. The van der Waals surface area contributed by atoms with Crippen LogP contribution in [0.5, 0.6) is 0 Å². The number of likely N-dealkylation sites (tertiary alicyclic amines) is 1. The van der Waals surface area contributed by atoms with Gasteiger partial charge in [-0.05, 0) is 45.7 Å². The van der Waals surface area contributed by atoms with Crippen LogP contribution in [0.4, 0.5) is 4.79 Å². The quantitative estimate of drug-likeness (QED) is 0.926. The van der Waals surface area contributed by atoms with E-state index in [0.717, 1.165) is 19.5 Å². The largest absolute Gasteiger partial charge is 0.444 e. The molecule has 0 spiro atoms. The number of hydrogen-bond acceptors (Lipinski definition) is 3. The molecule has 4 nitrogen and oxygen atoms in total. The average Bonchev–Trinajstić information content (AvgIpc) is 2.83. The summed E-state index contributed by atoms with van der Waals surface area (Å²) in [6.45, 7) is 8.33. The first-order valence-corrected chi connectivity index (χ1v) is 7.69. The number of benzene rings is 1. The maximum Gasteiger partial charge on any atom is 0.407 e. The van der Waals surface area contributed by atoms with Crippen molar-refractivity contribution in [3.05, 3.63) is 35.9 Å². The van der Waals surface area contributed by atoms with Gasteiger partial charge in [0.25, 0.3) is 0 Å². The maximum absolute atomic E-state index is 11.7. The van der Waals surface area contributed by atoms with Gasteiger partial charge >= 0.3 is 6.09 Å². The normalized spacial score (nSPS) is 19.5. The molecule has 0 bridgehead atoms. The standard InChI is InChI=1S/C17H26N2O2/c1-17(2,3)21-16(20)18-12-15-10-7-11-19(15)13-14-8-5-4-6-9-14/h4-6,8-9,15H,7,10-13H2,1-3H3,(H,18,20). The van der Waals surface area contributed by atoms with Crippen LogP contribution < -0.4 is 5.32 Å². The van der Waals surface area contributed by atoms with Gasteiger partial charge in [-0.3, -0.25) is 4.90 Å². The average molecular weight is 290 g/mol. The molecular weight excluding hydrogens is 264 g/mol. The molecule has 1 atom stereocenters. The Labute approximate surface area is 127 Å². The second-order valence-electron chi connectivity index (χ2n) is 6.63. The van der Waals surface area contributed by atoms with Crippen molar-refractivity contribution in [1.82, 2.24) is 10.2 Å². The third-order valence-corrected chi connectivity index (χ3v) is 3.61. The van der Waals surface area contributed by atoms with Gasteiger partial charge in [0.05, 0.1) is 0 Å². The van der Waals surface area contributed by atoms with Gasteiger partial charge in [-0.25, -0.2) is 4.79 Å². The highest BCUT2D eigenvalue weighted by molar-refractivity contribution is 5.67. The van der Waals surface area contributed by atoms with Gasteiger partial charge in [-0.15, -0.1) is 0 Å². The van der Waals surface area contributed by atoms with Gasteiger partial charge in [0.2, 0.25) is 0 Å². The maximum atomic E-state index is 11.7. The van der Waals surface area contributed by atoms with E-state index in [4.69, 9.17) is 4.74 Å². The third kappa shape index (κ3) is 5.38. The number of nitrogens with zero attached hydrogens (tertiary/aromatic N) is 1. The molecule has 1 heterocycles. The summed E-state index contributed by atoms with van der Waals surface area (Å²) in [4.78, 5) is 14.2. The highest BCUT2D eigenvalue weighted by Crippen LogP contribution is 2.19. The molecule has 0 radical (unpaired) electrons. The summed E-state index contributed by atoms with van der Waals surface area (Å²) >= 11 is 0. The monoisotopic (exact) mass is 290 g/mol. The predicted molar refractivity (Wildman–Crippen MR) is 84.1 cm³/mol. The first kappa shape index (κ1) is 15.8. The number of amides is 1. The Morgan fingerprint density at radius 1 is 1.33 bits per heavy atom. The molecule has 1 aliphatic rings. The fourth-order valence-electron chi connectivity index (χ4n) is 2.67. The molecule has 4 heteroatoms. The number of carbonyl (C=O) groups excluding carboxylic acids is 1. The summed E-state index contributed by atoms with van der Waals surface area (Å²) in [5, 5.41) is 2.89. The van der Waals surface area contributed by atoms with Crippen molar-refractivity contribution in [2.45, 2.75) is 51.8 Å². The molecule has 116 valence electrons. The van der Waals surface area contributed by atoms with Gasteiger partial charge in [-0.2, -0.15) is 0 Å². The van der Waals surface area contributed by atoms with Crippen LogP contribution in [0.15, 0.2) is 30.3 Å². The van der Waals surface area contributed by atoms with E-state index in [1.807, 2.05) is 26.8 Å². The van der Waals surface area contributed by atoms with Crippen molar-refractivity contribution >= 4 is 6.09 Å². The SMILES string of the molecule is CC(C)(C)OC(=O)NCC1CCCN1Cc1ccccc1. The van der Waals surface area contributed by atoms with Crippen LogP contribution in [0.1, 0.15) is 39.2 Å². The summed E-state index contributed by atoms with van der Waals surface area (Å²) in [5.74, 6) is 0. The molecule has 1 saturated heterocycles. The van der Waals surface area contributed by atoms with Crippen molar-refractivity contribution in [2.75, 3.05) is 13.1 Å². The molecule has 1 N–H and O–H groups in total. The summed E-state index contributed by atoms with van der Waals surface area (Å²) in [7, 11) is 0. The van der Waals surface area contributed by atoms with Crippen LogP contribution in [-0.2, 0) is 11.3 Å². The molecule has 0 aromatic heterocycles. The minimum absolute atomic E-state index is 0.325. The van der Waals surface area contributed by atoms with Crippen LogP contribution >= 0.6 is 0 Å². The fourth-order valence-corrected chi connectivity index (χ4v) is 2.67. The lowest BCUT2D eigenvalue weighted by Crippen LogP contribution is -2.41. The second kappa shape index (κ2) is 6.94. The van der Waals surface area contributed by atoms with E-state index < -0.39 is 5.60 Å². The van der Waals surface area contributed by atoms with Crippen molar-refractivity contribution in [3.63, 3.8) is 0 Å². The molecular formula is C17H26N2O2. The predicted octanol–water partition coefficient (Wildman–Crippen LogP) is 3.18. The smallest absolute Gasteiger partial charge is 0.407 e. The molecule has 0 aliphatic carbocycles. The summed E-state index contributed by atoms with van der Waals surface area (Å²) in [6.07, 6.45) is 1.99. The summed E-state index contributed by atoms with van der Waals surface area (Å²) < 4.78 is 5.28. The number of alkyl carbamates (subject to hydrolysis) is 1. The van der Waals surface area contributed by atoms with Gasteiger partial charge in [0.15, 0.2) is 0 Å². The Kier molecular flexibility index (Phi) is 5.23. The molecule has 2 rings (SSSR count). The van der Waals surface area contributed by atoms with E-state index in [1.165, 1.54) is 12.0 Å². The van der Waals surface area contributed by atoms with Gasteiger partial charge in [0.1, 0.15) is 5.60 Å². The zero-order valence-electron chi connectivity index (χ0n) is 13.3. The summed E-state index contributed by atoms with van der Waals surface area (Å²) in [6, 6.07) is 10.9. The van der Waals surface area contributed by atoms with Gasteiger partial charge in [-0.1, -0.05) is 30.3 Å². The lowest BCUT2D eigenvalue weighted by molar-refractivity contribution is 0.0512. The van der Waals surface area contributed by atoms with Crippen LogP contribution in [0.3, 0.4) is 0 Å². The Balaban J connectivity index is 1.81. The van der Waals surface area contributed by atoms with E-state index in [-0.39, 0.29) is 6.09 Å². The topological polar surface area (TPSA) is 41.6 Å². The zero-order valence-corrected chi connectivity index (χ0v) is 13.3. The Morgan fingerprint density at radius 2 is 2.05 bits per heavy atom. The highest BCUT2D eigenvalue weighted by atomic mass is 16.6.